The van der Waals surface area contributed by atoms with Crippen molar-refractivity contribution >= 4 is 17.0 Å². The Morgan fingerprint density at radius 2 is 2.00 bits per heavy atom. The zero-order valence-electron chi connectivity index (χ0n) is 17.4. The van der Waals surface area contributed by atoms with Gasteiger partial charge in [-0.15, -0.1) is 0 Å². The van der Waals surface area contributed by atoms with Crippen LogP contribution in [0.3, 0.4) is 0 Å². The van der Waals surface area contributed by atoms with Crippen molar-refractivity contribution in [2.75, 3.05) is 26.6 Å². The van der Waals surface area contributed by atoms with Crippen LogP contribution in [-0.4, -0.2) is 42.0 Å². The van der Waals surface area contributed by atoms with Gasteiger partial charge in [0, 0.05) is 32.2 Å². The highest BCUT2D eigenvalue weighted by atomic mass is 16.7. The summed E-state index contributed by atoms with van der Waals surface area (Å²) in [5, 5.41) is 3.24. The number of benzene rings is 1. The number of rotatable bonds is 4. The molecule has 162 valence electrons. The third kappa shape index (κ3) is 3.25. The largest absolute Gasteiger partial charge is 0.454 e. The fraction of sp³-hybridized carbons (Fsp3) is 0.409. The maximum atomic E-state index is 13.2. The number of furan rings is 1. The summed E-state index contributed by atoms with van der Waals surface area (Å²) in [5.41, 5.74) is 0.833. The summed E-state index contributed by atoms with van der Waals surface area (Å²) in [7, 11) is 1.59. The Morgan fingerprint density at radius 1 is 1.23 bits per heavy atom. The van der Waals surface area contributed by atoms with Crippen LogP contribution in [-0.2, 0) is 17.2 Å². The molecule has 9 heteroatoms. The van der Waals surface area contributed by atoms with Crippen molar-refractivity contribution in [1.82, 2.24) is 14.9 Å². The molecule has 0 radical (unpaired) electrons. The van der Waals surface area contributed by atoms with Crippen LogP contribution in [0.1, 0.15) is 34.5 Å². The highest BCUT2D eigenvalue weighted by Crippen LogP contribution is 2.40. The van der Waals surface area contributed by atoms with Crippen LogP contribution in [0.5, 0.6) is 11.5 Å². The Kier molecular flexibility index (Phi) is 4.70. The van der Waals surface area contributed by atoms with Gasteiger partial charge in [-0.3, -0.25) is 9.59 Å². The lowest BCUT2D eigenvalue weighted by atomic mass is 9.74. The molecule has 2 aliphatic rings. The second-order valence-electron chi connectivity index (χ2n) is 8.02. The molecule has 1 amide bonds. The highest BCUT2D eigenvalue weighted by molar-refractivity contribution is 6.06. The predicted octanol–water partition coefficient (Wildman–Crippen LogP) is 2.04. The number of ether oxygens (including phenoxy) is 3. The summed E-state index contributed by atoms with van der Waals surface area (Å²) in [6.07, 6.45) is 2.88. The van der Waals surface area contributed by atoms with Gasteiger partial charge in [-0.25, -0.2) is 4.98 Å². The maximum absolute atomic E-state index is 13.2. The molecule has 2 aliphatic heterocycles. The van der Waals surface area contributed by atoms with Crippen molar-refractivity contribution in [2.45, 2.75) is 25.2 Å². The molecular weight excluding hydrogens is 402 g/mol. The Morgan fingerprint density at radius 3 is 2.81 bits per heavy atom. The Bertz CT molecular complexity index is 1220. The van der Waals surface area contributed by atoms with E-state index in [4.69, 9.17) is 18.6 Å². The van der Waals surface area contributed by atoms with E-state index in [2.05, 4.69) is 10.3 Å². The minimum atomic E-state index is -0.354. The van der Waals surface area contributed by atoms with Crippen molar-refractivity contribution in [3.63, 3.8) is 0 Å². The first-order valence-corrected chi connectivity index (χ1v) is 10.2. The van der Waals surface area contributed by atoms with Gasteiger partial charge in [-0.05, 0) is 37.5 Å². The topological polar surface area (TPSA) is 105 Å². The number of hydrogen-bond acceptors (Lipinski definition) is 7. The zero-order valence-corrected chi connectivity index (χ0v) is 17.4. The first-order chi connectivity index (χ1) is 15.0. The van der Waals surface area contributed by atoms with Crippen molar-refractivity contribution in [3.05, 3.63) is 51.8 Å². The molecule has 3 aromatic rings. The van der Waals surface area contributed by atoms with Gasteiger partial charge in [0.05, 0.1) is 5.56 Å². The molecule has 0 bridgehead atoms. The molecule has 1 N–H and O–H groups in total. The summed E-state index contributed by atoms with van der Waals surface area (Å²) in [6, 6.07) is 5.90. The van der Waals surface area contributed by atoms with Crippen LogP contribution in [0.4, 0.5) is 0 Å². The van der Waals surface area contributed by atoms with E-state index in [1.807, 2.05) is 18.2 Å². The van der Waals surface area contributed by atoms with E-state index in [0.29, 0.717) is 31.3 Å². The number of nitrogens with one attached hydrogen (secondary N) is 1. The van der Waals surface area contributed by atoms with E-state index in [9.17, 15) is 9.59 Å². The molecule has 0 aliphatic carbocycles. The minimum absolute atomic E-state index is 0.169. The fourth-order valence-electron chi connectivity index (χ4n) is 4.35. The summed E-state index contributed by atoms with van der Waals surface area (Å²) >= 11 is 0. The zero-order chi connectivity index (χ0) is 21.6. The minimum Gasteiger partial charge on any atom is -0.454 e. The molecule has 0 atom stereocenters. The Hall–Kier alpha value is -3.33. The number of amides is 1. The molecule has 1 saturated heterocycles. The van der Waals surface area contributed by atoms with Gasteiger partial charge in [0.15, 0.2) is 11.5 Å². The monoisotopic (exact) mass is 425 g/mol. The molecule has 5 rings (SSSR count). The maximum Gasteiger partial charge on any atom is 0.265 e. The van der Waals surface area contributed by atoms with Crippen LogP contribution < -0.4 is 20.3 Å². The summed E-state index contributed by atoms with van der Waals surface area (Å²) in [4.78, 5) is 29.9. The molecule has 0 saturated carbocycles. The third-order valence-corrected chi connectivity index (χ3v) is 6.20. The van der Waals surface area contributed by atoms with E-state index in [1.165, 1.54) is 10.9 Å². The predicted molar refractivity (Wildman–Crippen MR) is 111 cm³/mol. The molecule has 2 aromatic heterocycles. The van der Waals surface area contributed by atoms with Gasteiger partial charge in [-0.1, -0.05) is 6.07 Å². The van der Waals surface area contributed by atoms with E-state index in [-0.39, 0.29) is 40.3 Å². The molecule has 1 aromatic carbocycles. The Balaban J connectivity index is 1.46. The average molecular weight is 425 g/mol. The number of aryl methyl sites for hydroxylation is 2. The average Bonchev–Trinajstić information content (AvgIpc) is 3.39. The Labute approximate surface area is 177 Å². The molecule has 1 fully saturated rings. The van der Waals surface area contributed by atoms with Crippen molar-refractivity contribution in [3.8, 4) is 11.5 Å². The highest BCUT2D eigenvalue weighted by Gasteiger charge is 2.36. The van der Waals surface area contributed by atoms with Crippen molar-refractivity contribution < 1.29 is 23.4 Å². The van der Waals surface area contributed by atoms with E-state index < -0.39 is 0 Å². The summed E-state index contributed by atoms with van der Waals surface area (Å²) in [5.74, 6) is 1.44. The molecule has 4 heterocycles. The molecule has 0 spiro atoms. The number of nitrogens with zero attached hydrogens (tertiary/aromatic N) is 2. The molecule has 9 nitrogen and oxygen atoms in total. The van der Waals surface area contributed by atoms with Gasteiger partial charge in [0.1, 0.15) is 17.5 Å². The SMILES string of the molecule is Cc1oc2ncn(C)c(=O)c2c1C(=O)NCC1(c2ccc3c(c2)OCO3)CCOCC1. The summed E-state index contributed by atoms with van der Waals surface area (Å²) < 4.78 is 23.5. The van der Waals surface area contributed by atoms with Gasteiger partial charge in [-0.2, -0.15) is 0 Å². The number of aromatic nitrogens is 2. The molecule has 0 unspecified atom stereocenters. The molecule has 31 heavy (non-hydrogen) atoms. The fourth-order valence-corrected chi connectivity index (χ4v) is 4.35. The molecular formula is C22H23N3O6. The van der Waals surface area contributed by atoms with Crippen LogP contribution in [0.25, 0.3) is 11.1 Å². The van der Waals surface area contributed by atoms with Gasteiger partial charge < -0.3 is 28.5 Å². The lowest BCUT2D eigenvalue weighted by Gasteiger charge is -2.38. The van der Waals surface area contributed by atoms with Gasteiger partial charge in [0.2, 0.25) is 12.5 Å². The number of hydrogen-bond donors (Lipinski definition) is 1. The lowest BCUT2D eigenvalue weighted by molar-refractivity contribution is 0.0486. The van der Waals surface area contributed by atoms with E-state index in [0.717, 1.165) is 24.2 Å². The number of fused-ring (bicyclic) bond motifs is 2. The smallest absolute Gasteiger partial charge is 0.265 e. The van der Waals surface area contributed by atoms with E-state index in [1.54, 1.807) is 14.0 Å². The second kappa shape index (κ2) is 7.42. The number of carbonyl (C=O) groups excluding carboxylic acids is 1. The standard InChI is InChI=1S/C22H23N3O6/c1-13-17(18-20(31-13)24-11-25(2)21(18)27)19(26)23-10-22(5-7-28-8-6-22)14-3-4-15-16(9-14)30-12-29-15/h3-4,9,11H,5-8,10,12H2,1-2H3,(H,23,26). The van der Waals surface area contributed by atoms with Crippen LogP contribution in [0.15, 0.2) is 33.7 Å². The first kappa shape index (κ1) is 19.6. The third-order valence-electron chi connectivity index (χ3n) is 6.20. The van der Waals surface area contributed by atoms with Crippen LogP contribution in [0, 0.1) is 6.92 Å². The van der Waals surface area contributed by atoms with Crippen LogP contribution >= 0.6 is 0 Å². The second-order valence-corrected chi connectivity index (χ2v) is 8.02. The van der Waals surface area contributed by atoms with Gasteiger partial charge >= 0.3 is 0 Å². The van der Waals surface area contributed by atoms with Crippen LogP contribution in [0.2, 0.25) is 0 Å². The van der Waals surface area contributed by atoms with Crippen molar-refractivity contribution in [1.29, 1.82) is 0 Å². The quantitative estimate of drug-likeness (QED) is 0.682. The van der Waals surface area contributed by atoms with Crippen molar-refractivity contribution in [2.24, 2.45) is 7.05 Å². The summed E-state index contributed by atoms with van der Waals surface area (Å²) in [6.45, 7) is 3.46. The number of carbonyl (C=O) groups is 1. The normalized spacial score (nSPS) is 17.1. The lowest BCUT2D eigenvalue weighted by Crippen LogP contribution is -2.44. The van der Waals surface area contributed by atoms with Gasteiger partial charge in [0.25, 0.3) is 11.5 Å². The van der Waals surface area contributed by atoms with E-state index >= 15 is 0 Å². The first-order valence-electron chi connectivity index (χ1n) is 10.2.